The van der Waals surface area contributed by atoms with E-state index in [4.69, 9.17) is 5.73 Å². The van der Waals surface area contributed by atoms with E-state index in [0.29, 0.717) is 5.82 Å². The molecule has 19 heavy (non-hydrogen) atoms. The molecule has 0 spiro atoms. The van der Waals surface area contributed by atoms with Crippen molar-refractivity contribution in [3.8, 4) is 0 Å². The van der Waals surface area contributed by atoms with Crippen LogP contribution < -0.4 is 5.73 Å². The Kier molecular flexibility index (Phi) is 3.74. The molecule has 3 heteroatoms. The number of nitrogens with two attached hydrogens (primary N) is 1. The predicted molar refractivity (Wildman–Crippen MR) is 84.1 cm³/mol. The fraction of sp³-hybridized carbons (Fsp3) is 0.438. The molecule has 100 valence electrons. The topological polar surface area (TPSA) is 38.9 Å². The third-order valence-corrected chi connectivity index (χ3v) is 4.91. The molecule has 1 saturated carbocycles. The van der Waals surface area contributed by atoms with Gasteiger partial charge in [-0.1, -0.05) is 41.6 Å². The summed E-state index contributed by atoms with van der Waals surface area (Å²) in [6.45, 7) is 0. The van der Waals surface area contributed by atoms with Gasteiger partial charge >= 0.3 is 0 Å². The highest BCUT2D eigenvalue weighted by Crippen LogP contribution is 2.31. The predicted octanol–water partition coefficient (Wildman–Crippen LogP) is 4.70. The van der Waals surface area contributed by atoms with Crippen molar-refractivity contribution in [2.24, 2.45) is 5.92 Å². The average molecular weight is 319 g/mol. The summed E-state index contributed by atoms with van der Waals surface area (Å²) in [6.07, 6.45) is 8.10. The van der Waals surface area contributed by atoms with Crippen LogP contribution in [0.25, 0.3) is 10.9 Å². The van der Waals surface area contributed by atoms with E-state index < -0.39 is 0 Å². The summed E-state index contributed by atoms with van der Waals surface area (Å²) < 4.78 is 1.20. The normalized spacial score (nSPS) is 16.3. The van der Waals surface area contributed by atoms with Gasteiger partial charge in [0.25, 0.3) is 0 Å². The van der Waals surface area contributed by atoms with E-state index >= 15 is 0 Å². The molecule has 1 aromatic heterocycles. The van der Waals surface area contributed by atoms with E-state index in [-0.39, 0.29) is 0 Å². The molecule has 1 aliphatic rings. The van der Waals surface area contributed by atoms with Crippen LogP contribution in [0.2, 0.25) is 0 Å². The Bertz CT molecular complexity index is 589. The summed E-state index contributed by atoms with van der Waals surface area (Å²) >= 11 is 3.69. The van der Waals surface area contributed by atoms with Gasteiger partial charge in [0.15, 0.2) is 0 Å². The molecule has 0 bridgehead atoms. The van der Waals surface area contributed by atoms with Gasteiger partial charge in [0.2, 0.25) is 0 Å². The minimum absolute atomic E-state index is 0.594. The number of benzene rings is 1. The van der Waals surface area contributed by atoms with E-state index in [1.807, 2.05) is 12.1 Å². The summed E-state index contributed by atoms with van der Waals surface area (Å²) in [4.78, 5) is 4.41. The Hall–Kier alpha value is -1.09. The molecule has 2 N–H and O–H groups in total. The Morgan fingerprint density at radius 3 is 2.79 bits per heavy atom. The molecule has 2 aromatic rings. The second kappa shape index (κ2) is 5.49. The average Bonchev–Trinajstić information content (AvgIpc) is 2.90. The van der Waals surface area contributed by atoms with Crippen LogP contribution in [0.3, 0.4) is 0 Å². The van der Waals surface area contributed by atoms with E-state index in [2.05, 4.69) is 33.0 Å². The van der Waals surface area contributed by atoms with Gasteiger partial charge in [-0.25, -0.2) is 4.98 Å². The number of rotatable bonds is 3. The maximum Gasteiger partial charge on any atom is 0.124 e. The number of nitrogens with zero attached hydrogens (tertiary/aromatic N) is 1. The maximum absolute atomic E-state index is 5.76. The first-order valence-electron chi connectivity index (χ1n) is 7.07. The smallest absolute Gasteiger partial charge is 0.124 e. The number of anilines is 1. The number of nitrogen functional groups attached to an aromatic ring is 1. The lowest BCUT2D eigenvalue weighted by Gasteiger charge is -2.11. The minimum Gasteiger partial charge on any atom is -0.384 e. The maximum atomic E-state index is 5.76. The highest BCUT2D eigenvalue weighted by atomic mass is 79.9. The monoisotopic (exact) mass is 318 g/mol. The van der Waals surface area contributed by atoms with Crippen LogP contribution in [-0.4, -0.2) is 4.98 Å². The Morgan fingerprint density at radius 2 is 2.00 bits per heavy atom. The fourth-order valence-electron chi connectivity index (χ4n) is 3.05. The second-order valence-corrected chi connectivity index (χ2v) is 6.42. The van der Waals surface area contributed by atoms with Crippen LogP contribution in [0, 0.1) is 5.92 Å². The van der Waals surface area contributed by atoms with E-state index in [1.165, 1.54) is 42.1 Å². The molecule has 1 aliphatic carbocycles. The van der Waals surface area contributed by atoms with Gasteiger partial charge in [0.05, 0.1) is 5.52 Å². The highest BCUT2D eigenvalue weighted by molar-refractivity contribution is 9.10. The zero-order valence-electron chi connectivity index (χ0n) is 11.0. The first-order valence-corrected chi connectivity index (χ1v) is 7.86. The van der Waals surface area contributed by atoms with Gasteiger partial charge in [-0.15, -0.1) is 0 Å². The highest BCUT2D eigenvalue weighted by Gasteiger charge is 2.15. The van der Waals surface area contributed by atoms with E-state index in [0.717, 1.165) is 23.2 Å². The van der Waals surface area contributed by atoms with Crippen molar-refractivity contribution in [3.05, 3.63) is 34.3 Å². The molecular formula is C16H19BrN2. The van der Waals surface area contributed by atoms with Crippen LogP contribution >= 0.6 is 15.9 Å². The first-order chi connectivity index (χ1) is 9.22. The molecule has 0 radical (unpaired) electrons. The van der Waals surface area contributed by atoms with Gasteiger partial charge in [0.1, 0.15) is 5.82 Å². The van der Waals surface area contributed by atoms with Gasteiger partial charge < -0.3 is 5.73 Å². The van der Waals surface area contributed by atoms with Crippen LogP contribution in [0.4, 0.5) is 5.82 Å². The van der Waals surface area contributed by atoms with Crippen LogP contribution in [-0.2, 0) is 6.42 Å². The largest absolute Gasteiger partial charge is 0.384 e. The number of fused-ring (bicyclic) bond motifs is 1. The lowest BCUT2D eigenvalue weighted by atomic mass is 9.97. The molecule has 1 aromatic carbocycles. The summed E-state index contributed by atoms with van der Waals surface area (Å²) in [5.41, 5.74) is 8.13. The van der Waals surface area contributed by atoms with Gasteiger partial charge in [-0.3, -0.25) is 0 Å². The lowest BCUT2D eigenvalue weighted by molar-refractivity contribution is 0.503. The quantitative estimate of drug-likeness (QED) is 0.890. The molecule has 0 amide bonds. The number of hydrogen-bond acceptors (Lipinski definition) is 2. The van der Waals surface area contributed by atoms with Gasteiger partial charge in [-0.05, 0) is 48.6 Å². The third-order valence-electron chi connectivity index (χ3n) is 4.18. The lowest BCUT2D eigenvalue weighted by Crippen LogP contribution is -1.98. The van der Waals surface area contributed by atoms with Crippen molar-refractivity contribution < 1.29 is 0 Å². The van der Waals surface area contributed by atoms with E-state index in [9.17, 15) is 0 Å². The van der Waals surface area contributed by atoms with Crippen molar-refractivity contribution in [2.75, 3.05) is 5.73 Å². The zero-order valence-corrected chi connectivity index (χ0v) is 12.6. The Balaban J connectivity index is 1.83. The molecule has 3 rings (SSSR count). The van der Waals surface area contributed by atoms with Crippen LogP contribution in [0.5, 0.6) is 0 Å². The molecular weight excluding hydrogens is 300 g/mol. The van der Waals surface area contributed by atoms with Crippen molar-refractivity contribution in [1.82, 2.24) is 4.98 Å². The van der Waals surface area contributed by atoms with Crippen molar-refractivity contribution in [2.45, 2.75) is 38.5 Å². The molecule has 0 unspecified atom stereocenters. The van der Waals surface area contributed by atoms with Crippen LogP contribution in [0.15, 0.2) is 28.7 Å². The molecule has 0 atom stereocenters. The molecule has 0 saturated heterocycles. The second-order valence-electron chi connectivity index (χ2n) is 5.56. The molecule has 1 fully saturated rings. The zero-order chi connectivity index (χ0) is 13.2. The molecule has 0 aliphatic heterocycles. The summed E-state index contributed by atoms with van der Waals surface area (Å²) in [5, 5.41) is 1.14. The third kappa shape index (κ3) is 2.92. The van der Waals surface area contributed by atoms with Crippen molar-refractivity contribution in [3.63, 3.8) is 0 Å². The molecule has 1 heterocycles. The minimum atomic E-state index is 0.594. The number of pyridine rings is 1. The standard InChI is InChI=1S/C16H19BrN2/c17-14-9-13-7-8-16(18)19-15(13)10-12(14)6-5-11-3-1-2-4-11/h7-11H,1-6H2,(H2,18,19). The number of halogens is 1. The summed E-state index contributed by atoms with van der Waals surface area (Å²) in [5.74, 6) is 1.52. The Labute approximate surface area is 122 Å². The number of aryl methyl sites for hydroxylation is 1. The first kappa shape index (κ1) is 12.9. The fourth-order valence-corrected chi connectivity index (χ4v) is 3.61. The molecule has 2 nitrogen and oxygen atoms in total. The Morgan fingerprint density at radius 1 is 1.21 bits per heavy atom. The van der Waals surface area contributed by atoms with E-state index in [1.54, 1.807) is 0 Å². The van der Waals surface area contributed by atoms with Crippen LogP contribution in [0.1, 0.15) is 37.7 Å². The summed E-state index contributed by atoms with van der Waals surface area (Å²) in [6, 6.07) is 8.23. The number of hydrogen-bond donors (Lipinski definition) is 1. The van der Waals surface area contributed by atoms with Crippen molar-refractivity contribution in [1.29, 1.82) is 0 Å². The number of aromatic nitrogens is 1. The SMILES string of the molecule is Nc1ccc2cc(Br)c(CCC3CCCC3)cc2n1. The van der Waals surface area contributed by atoms with Gasteiger partial charge in [-0.2, -0.15) is 0 Å². The van der Waals surface area contributed by atoms with Crippen molar-refractivity contribution >= 4 is 32.7 Å². The van der Waals surface area contributed by atoms with Gasteiger partial charge in [0, 0.05) is 9.86 Å². The summed E-state index contributed by atoms with van der Waals surface area (Å²) in [7, 11) is 0.